The fourth-order valence-electron chi connectivity index (χ4n) is 2.08. The standard InChI is InChI=1S/C18H23NO2/c1-3-17(13-19-11-12-20)18-10-9-16(14-21)8-6-4-5-7-15(18)2/h4-7,9-11,13-15,20H,3,8,12H2,1-2H3/b6-4-,7-5-,16-9+,17-13+,18-10+,19-11-. The molecule has 0 aromatic carbocycles. The molecule has 1 atom stereocenters. The summed E-state index contributed by atoms with van der Waals surface area (Å²) in [4.78, 5) is 15.1. The van der Waals surface area contributed by atoms with Crippen molar-refractivity contribution in [3.8, 4) is 0 Å². The van der Waals surface area contributed by atoms with Crippen molar-refractivity contribution in [2.75, 3.05) is 6.61 Å². The van der Waals surface area contributed by atoms with E-state index >= 15 is 0 Å². The van der Waals surface area contributed by atoms with Crippen LogP contribution in [0, 0.1) is 5.92 Å². The van der Waals surface area contributed by atoms with E-state index < -0.39 is 0 Å². The van der Waals surface area contributed by atoms with Crippen LogP contribution in [0.1, 0.15) is 26.7 Å². The summed E-state index contributed by atoms with van der Waals surface area (Å²) in [5.41, 5.74) is 2.99. The summed E-state index contributed by atoms with van der Waals surface area (Å²) in [6.45, 7) is 4.12. The van der Waals surface area contributed by atoms with Crippen molar-refractivity contribution < 1.29 is 9.90 Å². The van der Waals surface area contributed by atoms with Gasteiger partial charge in [0, 0.05) is 12.4 Å². The fraction of sp³-hybridized carbons (Fsp3) is 0.333. The van der Waals surface area contributed by atoms with E-state index in [0.717, 1.165) is 29.4 Å². The minimum atomic E-state index is -0.0675. The number of aliphatic hydroxyl groups is 1. The SMILES string of the molecule is CCC(=C\N=C/CO)/C1=C/C=C(/C=O)C/C=C\C=C/C1C. The number of hydrogen-bond acceptors (Lipinski definition) is 3. The number of carbonyl (C=O) groups is 1. The van der Waals surface area contributed by atoms with Crippen LogP contribution in [-0.2, 0) is 4.79 Å². The molecule has 0 radical (unpaired) electrons. The predicted octanol–water partition coefficient (Wildman–Crippen LogP) is 3.55. The highest BCUT2D eigenvalue weighted by atomic mass is 16.2. The Bertz CT molecular complexity index is 519. The quantitative estimate of drug-likeness (QED) is 0.620. The molecule has 0 bridgehead atoms. The van der Waals surface area contributed by atoms with Crippen LogP contribution < -0.4 is 0 Å². The van der Waals surface area contributed by atoms with Crippen molar-refractivity contribution in [3.05, 3.63) is 59.4 Å². The van der Waals surface area contributed by atoms with Gasteiger partial charge in [-0.3, -0.25) is 9.79 Å². The average molecular weight is 285 g/mol. The van der Waals surface area contributed by atoms with Gasteiger partial charge in [-0.15, -0.1) is 0 Å². The Balaban J connectivity index is 3.19. The number of aliphatic hydroxyl groups excluding tert-OH is 1. The van der Waals surface area contributed by atoms with E-state index in [2.05, 4.69) is 24.9 Å². The Hall–Kier alpha value is -2.00. The number of aliphatic imine (C=N–C) groups is 1. The summed E-state index contributed by atoms with van der Waals surface area (Å²) in [5.74, 6) is 0.229. The maximum absolute atomic E-state index is 11.0. The number of hydrogen-bond donors (Lipinski definition) is 1. The van der Waals surface area contributed by atoms with Crippen LogP contribution in [0.5, 0.6) is 0 Å². The maximum Gasteiger partial charge on any atom is 0.146 e. The molecule has 0 spiro atoms. The van der Waals surface area contributed by atoms with Crippen LogP contribution in [0.25, 0.3) is 0 Å². The van der Waals surface area contributed by atoms with E-state index in [9.17, 15) is 4.79 Å². The van der Waals surface area contributed by atoms with E-state index in [1.54, 1.807) is 6.20 Å². The van der Waals surface area contributed by atoms with Gasteiger partial charge >= 0.3 is 0 Å². The fourth-order valence-corrected chi connectivity index (χ4v) is 2.08. The zero-order valence-corrected chi connectivity index (χ0v) is 12.7. The van der Waals surface area contributed by atoms with E-state index in [1.165, 1.54) is 6.21 Å². The van der Waals surface area contributed by atoms with Gasteiger partial charge < -0.3 is 5.11 Å². The minimum Gasteiger partial charge on any atom is -0.391 e. The van der Waals surface area contributed by atoms with Gasteiger partial charge in [-0.05, 0) is 35.5 Å². The van der Waals surface area contributed by atoms with Gasteiger partial charge in [-0.2, -0.15) is 0 Å². The molecule has 1 aliphatic rings. The zero-order chi connectivity index (χ0) is 15.5. The molecule has 3 nitrogen and oxygen atoms in total. The summed E-state index contributed by atoms with van der Waals surface area (Å²) in [6, 6.07) is 0. The molecular formula is C18H23NO2. The molecule has 0 saturated carbocycles. The third-order valence-corrected chi connectivity index (χ3v) is 3.29. The van der Waals surface area contributed by atoms with Crippen LogP contribution in [0.2, 0.25) is 0 Å². The zero-order valence-electron chi connectivity index (χ0n) is 12.7. The molecule has 1 N–H and O–H groups in total. The topological polar surface area (TPSA) is 49.7 Å². The van der Waals surface area contributed by atoms with Crippen molar-refractivity contribution in [1.29, 1.82) is 0 Å². The lowest BCUT2D eigenvalue weighted by molar-refractivity contribution is -0.105. The lowest BCUT2D eigenvalue weighted by atomic mass is 9.91. The molecule has 1 aliphatic carbocycles. The first kappa shape index (κ1) is 17.1. The Morgan fingerprint density at radius 2 is 2.24 bits per heavy atom. The van der Waals surface area contributed by atoms with Gasteiger partial charge in [0.2, 0.25) is 0 Å². The monoisotopic (exact) mass is 285 g/mol. The van der Waals surface area contributed by atoms with Crippen LogP contribution in [-0.4, -0.2) is 24.2 Å². The van der Waals surface area contributed by atoms with Crippen molar-refractivity contribution in [2.24, 2.45) is 10.9 Å². The first-order valence-corrected chi connectivity index (χ1v) is 7.24. The second kappa shape index (κ2) is 9.83. The second-order valence-electron chi connectivity index (χ2n) is 4.81. The molecule has 0 amide bonds. The summed E-state index contributed by atoms with van der Waals surface area (Å²) < 4.78 is 0. The molecule has 3 heteroatoms. The first-order chi connectivity index (χ1) is 10.2. The molecule has 0 aromatic heterocycles. The first-order valence-electron chi connectivity index (χ1n) is 7.24. The molecule has 1 rings (SSSR count). The van der Waals surface area contributed by atoms with Gasteiger partial charge in [0.1, 0.15) is 6.29 Å². The third kappa shape index (κ3) is 5.88. The maximum atomic E-state index is 11.0. The van der Waals surface area contributed by atoms with E-state index in [0.29, 0.717) is 6.42 Å². The highest BCUT2D eigenvalue weighted by Crippen LogP contribution is 2.25. The number of nitrogens with zero attached hydrogens (tertiary/aromatic N) is 1. The molecule has 0 fully saturated rings. The number of allylic oxidation sites excluding steroid dienone is 9. The lowest BCUT2D eigenvalue weighted by Crippen LogP contribution is -2.00. The smallest absolute Gasteiger partial charge is 0.146 e. The molecule has 0 aromatic rings. The van der Waals surface area contributed by atoms with Gasteiger partial charge in [-0.1, -0.05) is 50.3 Å². The number of carbonyl (C=O) groups excluding carboxylic acids is 1. The van der Waals surface area contributed by atoms with Crippen molar-refractivity contribution >= 4 is 12.5 Å². The Kier molecular flexibility index (Phi) is 7.99. The van der Waals surface area contributed by atoms with Crippen molar-refractivity contribution in [2.45, 2.75) is 26.7 Å². The third-order valence-electron chi connectivity index (χ3n) is 3.29. The molecule has 21 heavy (non-hydrogen) atoms. The largest absolute Gasteiger partial charge is 0.391 e. The normalized spacial score (nSPS) is 28.3. The Morgan fingerprint density at radius 1 is 1.43 bits per heavy atom. The van der Waals surface area contributed by atoms with Crippen molar-refractivity contribution in [3.63, 3.8) is 0 Å². The molecule has 0 aliphatic heterocycles. The number of aldehydes is 1. The van der Waals surface area contributed by atoms with Crippen LogP contribution in [0.15, 0.2) is 64.4 Å². The Labute approximate surface area is 126 Å². The summed E-state index contributed by atoms with van der Waals surface area (Å²) in [6.07, 6.45) is 17.6. The van der Waals surface area contributed by atoms with Crippen LogP contribution in [0.3, 0.4) is 0 Å². The van der Waals surface area contributed by atoms with E-state index in [1.807, 2.05) is 30.4 Å². The molecule has 1 unspecified atom stereocenters. The second-order valence-corrected chi connectivity index (χ2v) is 4.81. The van der Waals surface area contributed by atoms with Gasteiger partial charge in [-0.25, -0.2) is 0 Å². The summed E-state index contributed by atoms with van der Waals surface area (Å²) in [7, 11) is 0. The summed E-state index contributed by atoms with van der Waals surface area (Å²) in [5, 5.41) is 8.77. The van der Waals surface area contributed by atoms with Crippen molar-refractivity contribution in [1.82, 2.24) is 0 Å². The van der Waals surface area contributed by atoms with Crippen LogP contribution >= 0.6 is 0 Å². The van der Waals surface area contributed by atoms with Crippen LogP contribution in [0.4, 0.5) is 0 Å². The highest BCUT2D eigenvalue weighted by molar-refractivity contribution is 5.74. The van der Waals surface area contributed by atoms with Gasteiger partial charge in [0.15, 0.2) is 0 Å². The number of rotatable bonds is 5. The molecular weight excluding hydrogens is 262 g/mol. The van der Waals surface area contributed by atoms with E-state index in [4.69, 9.17) is 5.11 Å². The molecule has 112 valence electrons. The highest BCUT2D eigenvalue weighted by Gasteiger charge is 2.09. The average Bonchev–Trinajstić information content (AvgIpc) is 2.50. The summed E-state index contributed by atoms with van der Waals surface area (Å²) >= 11 is 0. The predicted molar refractivity (Wildman–Crippen MR) is 88.2 cm³/mol. The van der Waals surface area contributed by atoms with Gasteiger partial charge in [0.05, 0.1) is 6.61 Å². The van der Waals surface area contributed by atoms with Gasteiger partial charge in [0.25, 0.3) is 0 Å². The van der Waals surface area contributed by atoms with E-state index in [-0.39, 0.29) is 12.5 Å². The molecule has 0 saturated heterocycles. The lowest BCUT2D eigenvalue weighted by Gasteiger charge is -2.15. The molecule has 0 heterocycles. The minimum absolute atomic E-state index is 0.0675. The Morgan fingerprint density at radius 3 is 2.90 bits per heavy atom.